The minimum Gasteiger partial charge on any atom is -0.508 e. The second kappa shape index (κ2) is 4.36. The standard InChI is InChI=1S/C11H15NO6/c1-11(17)9(16)7(5-13)18-10(11)12-3-2-6(14)4-8(12)15/h2-4,7,9-10,13-14,16-17H,5H2,1H3/t7?,9-,10?,11-/m1/s1. The van der Waals surface area contributed by atoms with Crippen LogP contribution in [0.3, 0.4) is 0 Å². The maximum Gasteiger partial charge on any atom is 0.256 e. The average Bonchev–Trinajstić information content (AvgIpc) is 2.52. The largest absolute Gasteiger partial charge is 0.508 e. The van der Waals surface area contributed by atoms with Crippen LogP contribution in [-0.4, -0.2) is 49.4 Å². The summed E-state index contributed by atoms with van der Waals surface area (Å²) in [6, 6.07) is 2.23. The smallest absolute Gasteiger partial charge is 0.256 e. The van der Waals surface area contributed by atoms with Gasteiger partial charge in [0.05, 0.1) is 6.61 Å². The molecule has 0 aromatic carbocycles. The molecule has 1 fully saturated rings. The van der Waals surface area contributed by atoms with E-state index in [1.165, 1.54) is 19.2 Å². The first-order valence-electron chi connectivity index (χ1n) is 5.46. The molecule has 0 radical (unpaired) electrons. The van der Waals surface area contributed by atoms with Crippen LogP contribution in [0.2, 0.25) is 0 Å². The van der Waals surface area contributed by atoms with Crippen LogP contribution in [0, 0.1) is 0 Å². The van der Waals surface area contributed by atoms with Gasteiger partial charge in [-0.3, -0.25) is 9.36 Å². The Morgan fingerprint density at radius 3 is 2.72 bits per heavy atom. The molecule has 7 nitrogen and oxygen atoms in total. The van der Waals surface area contributed by atoms with Gasteiger partial charge in [-0.05, 0) is 13.0 Å². The lowest BCUT2D eigenvalue weighted by Gasteiger charge is -2.27. The molecule has 0 bridgehead atoms. The number of aliphatic hydroxyl groups is 3. The molecule has 7 heteroatoms. The van der Waals surface area contributed by atoms with Gasteiger partial charge in [-0.15, -0.1) is 0 Å². The Labute approximate surface area is 102 Å². The first-order valence-corrected chi connectivity index (χ1v) is 5.46. The summed E-state index contributed by atoms with van der Waals surface area (Å²) in [6.07, 6.45) is -2.15. The van der Waals surface area contributed by atoms with Crippen molar-refractivity contribution in [2.75, 3.05) is 6.61 Å². The van der Waals surface area contributed by atoms with E-state index >= 15 is 0 Å². The van der Waals surface area contributed by atoms with Gasteiger partial charge in [0.15, 0.2) is 6.23 Å². The van der Waals surface area contributed by atoms with Crippen LogP contribution < -0.4 is 5.56 Å². The fraction of sp³-hybridized carbons (Fsp3) is 0.545. The Hall–Kier alpha value is -1.41. The van der Waals surface area contributed by atoms with Gasteiger partial charge < -0.3 is 25.2 Å². The van der Waals surface area contributed by atoms with E-state index in [2.05, 4.69) is 0 Å². The fourth-order valence-corrected chi connectivity index (χ4v) is 2.06. The number of hydrogen-bond acceptors (Lipinski definition) is 6. The van der Waals surface area contributed by atoms with E-state index in [0.717, 1.165) is 10.6 Å². The van der Waals surface area contributed by atoms with Gasteiger partial charge in [0.25, 0.3) is 5.56 Å². The number of ether oxygens (including phenoxy) is 1. The monoisotopic (exact) mass is 257 g/mol. The molecule has 2 heterocycles. The SMILES string of the molecule is C[C@]1(O)C(n2ccc(O)cc2=O)OC(CO)[C@H]1O. The van der Waals surface area contributed by atoms with Gasteiger partial charge in [0.2, 0.25) is 0 Å². The molecule has 0 spiro atoms. The third kappa shape index (κ3) is 1.91. The highest BCUT2D eigenvalue weighted by Gasteiger charge is 2.52. The first kappa shape index (κ1) is 13.0. The normalized spacial score (nSPS) is 35.9. The van der Waals surface area contributed by atoms with Crippen LogP contribution in [0.4, 0.5) is 0 Å². The van der Waals surface area contributed by atoms with Crippen molar-refractivity contribution in [2.45, 2.75) is 31.0 Å². The minimum absolute atomic E-state index is 0.201. The van der Waals surface area contributed by atoms with E-state index in [0.29, 0.717) is 0 Å². The van der Waals surface area contributed by atoms with E-state index in [1.807, 2.05) is 0 Å². The van der Waals surface area contributed by atoms with Crippen LogP contribution >= 0.6 is 0 Å². The maximum atomic E-state index is 11.7. The number of pyridine rings is 1. The lowest BCUT2D eigenvalue weighted by Crippen LogP contribution is -2.45. The van der Waals surface area contributed by atoms with Gasteiger partial charge in [0, 0.05) is 12.3 Å². The molecular formula is C11H15NO6. The zero-order valence-corrected chi connectivity index (χ0v) is 9.72. The molecule has 1 saturated heterocycles. The number of hydrogen-bond donors (Lipinski definition) is 4. The maximum absolute atomic E-state index is 11.7. The lowest BCUT2D eigenvalue weighted by atomic mass is 9.96. The predicted molar refractivity (Wildman–Crippen MR) is 60.0 cm³/mol. The van der Waals surface area contributed by atoms with E-state index in [9.17, 15) is 15.0 Å². The van der Waals surface area contributed by atoms with E-state index in [-0.39, 0.29) is 5.75 Å². The summed E-state index contributed by atoms with van der Waals surface area (Å²) in [7, 11) is 0. The fourth-order valence-electron chi connectivity index (χ4n) is 2.06. The summed E-state index contributed by atoms with van der Waals surface area (Å²) < 4.78 is 6.33. The van der Waals surface area contributed by atoms with E-state index in [4.69, 9.17) is 14.9 Å². The molecule has 0 aliphatic carbocycles. The van der Waals surface area contributed by atoms with Crippen molar-refractivity contribution in [3.63, 3.8) is 0 Å². The summed E-state index contributed by atoms with van der Waals surface area (Å²) >= 11 is 0. The van der Waals surface area contributed by atoms with Crippen LogP contribution in [-0.2, 0) is 4.74 Å². The molecule has 4 N–H and O–H groups in total. The summed E-state index contributed by atoms with van der Waals surface area (Å²) in [5.41, 5.74) is -2.29. The zero-order valence-electron chi connectivity index (χ0n) is 9.72. The highest BCUT2D eigenvalue weighted by Crippen LogP contribution is 2.37. The average molecular weight is 257 g/mol. The molecule has 1 aromatic rings. The Bertz CT molecular complexity index is 497. The Balaban J connectivity index is 2.42. The van der Waals surface area contributed by atoms with Crippen LogP contribution in [0.5, 0.6) is 5.75 Å². The molecule has 2 unspecified atom stereocenters. The van der Waals surface area contributed by atoms with Gasteiger partial charge in [-0.25, -0.2) is 0 Å². The third-order valence-electron chi connectivity index (χ3n) is 3.12. The van der Waals surface area contributed by atoms with Crippen molar-refractivity contribution in [1.82, 2.24) is 4.57 Å². The molecule has 1 aromatic heterocycles. The van der Waals surface area contributed by atoms with Crippen molar-refractivity contribution >= 4 is 0 Å². The van der Waals surface area contributed by atoms with Crippen molar-refractivity contribution in [1.29, 1.82) is 0 Å². The molecule has 100 valence electrons. The lowest BCUT2D eigenvalue weighted by molar-refractivity contribution is -0.0982. The second-order valence-corrected chi connectivity index (χ2v) is 4.51. The Morgan fingerprint density at radius 1 is 1.56 bits per heavy atom. The number of aliphatic hydroxyl groups excluding tert-OH is 2. The Kier molecular flexibility index (Phi) is 3.16. The number of aromatic hydroxyl groups is 1. The van der Waals surface area contributed by atoms with Gasteiger partial charge >= 0.3 is 0 Å². The zero-order chi connectivity index (χ0) is 13.5. The highest BCUT2D eigenvalue weighted by molar-refractivity contribution is 5.16. The molecule has 4 atom stereocenters. The molecule has 0 saturated carbocycles. The quantitative estimate of drug-likeness (QED) is 0.516. The van der Waals surface area contributed by atoms with Crippen LogP contribution in [0.25, 0.3) is 0 Å². The minimum atomic E-state index is -1.71. The molecule has 0 amide bonds. The summed E-state index contributed by atoms with van der Waals surface area (Å²) in [5, 5.41) is 38.1. The summed E-state index contributed by atoms with van der Waals surface area (Å²) in [4.78, 5) is 11.7. The molecular weight excluding hydrogens is 242 g/mol. The molecule has 1 aliphatic rings. The second-order valence-electron chi connectivity index (χ2n) is 4.51. The Morgan fingerprint density at radius 2 is 2.22 bits per heavy atom. The number of rotatable bonds is 2. The number of aromatic nitrogens is 1. The summed E-state index contributed by atoms with van der Waals surface area (Å²) in [6.45, 7) is 0.845. The van der Waals surface area contributed by atoms with Crippen LogP contribution in [0.1, 0.15) is 13.2 Å². The highest BCUT2D eigenvalue weighted by atomic mass is 16.6. The van der Waals surface area contributed by atoms with E-state index in [1.54, 1.807) is 0 Å². The van der Waals surface area contributed by atoms with Crippen molar-refractivity contribution < 1.29 is 25.2 Å². The van der Waals surface area contributed by atoms with Crippen molar-refractivity contribution in [2.24, 2.45) is 0 Å². The van der Waals surface area contributed by atoms with Gasteiger partial charge in [-0.2, -0.15) is 0 Å². The van der Waals surface area contributed by atoms with Crippen LogP contribution in [0.15, 0.2) is 23.1 Å². The number of nitrogens with zero attached hydrogens (tertiary/aromatic N) is 1. The first-order chi connectivity index (χ1) is 8.37. The topological polar surface area (TPSA) is 112 Å². The van der Waals surface area contributed by atoms with Gasteiger partial charge in [-0.1, -0.05) is 0 Å². The predicted octanol–water partition coefficient (Wildman–Crippen LogP) is -1.44. The van der Waals surface area contributed by atoms with Crippen molar-refractivity contribution in [3.05, 3.63) is 28.7 Å². The molecule has 2 rings (SSSR count). The van der Waals surface area contributed by atoms with Gasteiger partial charge in [0.1, 0.15) is 23.6 Å². The summed E-state index contributed by atoms with van der Waals surface area (Å²) in [5.74, 6) is -0.201. The van der Waals surface area contributed by atoms with Crippen molar-refractivity contribution in [3.8, 4) is 5.75 Å². The third-order valence-corrected chi connectivity index (χ3v) is 3.12. The van der Waals surface area contributed by atoms with E-state index < -0.39 is 36.2 Å². The molecule has 1 aliphatic heterocycles. The molecule has 18 heavy (non-hydrogen) atoms.